The highest BCUT2D eigenvalue weighted by Gasteiger charge is 2.28. The number of piperazine rings is 1. The summed E-state index contributed by atoms with van der Waals surface area (Å²) >= 11 is 0. The fraction of sp³-hybridized carbons (Fsp3) is 0.654. The molecule has 0 saturated carbocycles. The minimum atomic E-state index is 0.369. The van der Waals surface area contributed by atoms with E-state index < -0.39 is 0 Å². The molecule has 178 valence electrons. The quantitative estimate of drug-likeness (QED) is 0.696. The Labute approximate surface area is 198 Å². The fourth-order valence-corrected chi connectivity index (χ4v) is 5.88. The van der Waals surface area contributed by atoms with Gasteiger partial charge in [0.25, 0.3) is 0 Å². The summed E-state index contributed by atoms with van der Waals surface area (Å²) in [5.74, 6) is 1.98. The summed E-state index contributed by atoms with van der Waals surface area (Å²) in [4.78, 5) is 24.4. The summed E-state index contributed by atoms with van der Waals surface area (Å²) in [5.41, 5.74) is 3.77. The van der Waals surface area contributed by atoms with Gasteiger partial charge in [0, 0.05) is 64.1 Å². The number of aryl methyl sites for hydroxylation is 2. The minimum Gasteiger partial charge on any atom is -0.356 e. The third-order valence-electron chi connectivity index (χ3n) is 7.83. The molecular weight excluding hydrogens is 410 g/mol. The molecule has 3 aliphatic rings. The number of hydrogen-bond acceptors (Lipinski definition) is 7. The van der Waals surface area contributed by atoms with Crippen LogP contribution in [0, 0.1) is 6.92 Å². The van der Waals surface area contributed by atoms with Crippen molar-refractivity contribution in [2.24, 2.45) is 0 Å². The standard InChI is InChI=1S/C26H39N7/c1-20-28-22(19-31(3)24-8-4-6-21-7-5-11-27-26(21)24)18-25(29-20)33-12-9-23(10-13-33)32-16-14-30(2)15-17-32/h5,7,11,18,23-24H,4,6,8-10,12-17,19H2,1-3H3/t24-/m0/s1. The van der Waals surface area contributed by atoms with Crippen LogP contribution in [0.5, 0.6) is 0 Å². The number of fused-ring (bicyclic) bond motifs is 1. The molecule has 2 fully saturated rings. The molecule has 0 radical (unpaired) electrons. The first-order chi connectivity index (χ1) is 16.1. The molecule has 33 heavy (non-hydrogen) atoms. The van der Waals surface area contributed by atoms with E-state index in [2.05, 4.69) is 51.9 Å². The number of anilines is 1. The van der Waals surface area contributed by atoms with Crippen molar-refractivity contribution >= 4 is 5.82 Å². The van der Waals surface area contributed by atoms with Crippen LogP contribution in [0.15, 0.2) is 24.4 Å². The van der Waals surface area contributed by atoms with Crippen molar-refractivity contribution in [1.29, 1.82) is 0 Å². The van der Waals surface area contributed by atoms with Gasteiger partial charge in [0.1, 0.15) is 11.6 Å². The van der Waals surface area contributed by atoms with Crippen LogP contribution >= 0.6 is 0 Å². The number of pyridine rings is 1. The Hall–Kier alpha value is -2.09. The molecule has 7 heteroatoms. The summed E-state index contributed by atoms with van der Waals surface area (Å²) in [6.45, 7) is 9.85. The molecule has 2 saturated heterocycles. The van der Waals surface area contributed by atoms with E-state index in [1.54, 1.807) is 0 Å². The third-order valence-corrected chi connectivity index (χ3v) is 7.83. The van der Waals surface area contributed by atoms with Crippen LogP contribution < -0.4 is 4.90 Å². The molecule has 2 aromatic heterocycles. The van der Waals surface area contributed by atoms with Gasteiger partial charge in [-0.1, -0.05) is 6.07 Å². The van der Waals surface area contributed by atoms with Crippen molar-refractivity contribution in [1.82, 2.24) is 29.7 Å². The molecule has 0 amide bonds. The molecule has 1 aliphatic carbocycles. The Balaban J connectivity index is 1.23. The summed E-state index contributed by atoms with van der Waals surface area (Å²) in [6, 6.07) is 7.62. The molecular formula is C26H39N7. The molecule has 0 spiro atoms. The first-order valence-electron chi connectivity index (χ1n) is 12.7. The predicted molar refractivity (Wildman–Crippen MR) is 132 cm³/mol. The number of hydrogen-bond donors (Lipinski definition) is 0. The third kappa shape index (κ3) is 5.20. The molecule has 0 unspecified atom stereocenters. The lowest BCUT2D eigenvalue weighted by Gasteiger charge is -2.42. The zero-order valence-electron chi connectivity index (χ0n) is 20.6. The van der Waals surface area contributed by atoms with E-state index in [1.807, 2.05) is 13.1 Å². The Kier molecular flexibility index (Phi) is 6.90. The van der Waals surface area contributed by atoms with E-state index in [0.717, 1.165) is 55.9 Å². The number of likely N-dealkylation sites (N-methyl/N-ethyl adjacent to an activating group) is 1. The van der Waals surface area contributed by atoms with Gasteiger partial charge < -0.3 is 9.80 Å². The van der Waals surface area contributed by atoms with E-state index >= 15 is 0 Å². The highest BCUT2D eigenvalue weighted by atomic mass is 15.3. The second kappa shape index (κ2) is 10.0. The molecule has 2 aliphatic heterocycles. The molecule has 7 nitrogen and oxygen atoms in total. The van der Waals surface area contributed by atoms with Gasteiger partial charge in [-0.2, -0.15) is 0 Å². The Morgan fingerprint density at radius 2 is 1.82 bits per heavy atom. The fourth-order valence-electron chi connectivity index (χ4n) is 5.88. The lowest BCUT2D eigenvalue weighted by atomic mass is 9.91. The van der Waals surface area contributed by atoms with Crippen molar-refractivity contribution < 1.29 is 0 Å². The summed E-state index contributed by atoms with van der Waals surface area (Å²) in [5, 5.41) is 0. The van der Waals surface area contributed by atoms with Crippen molar-refractivity contribution in [3.05, 3.63) is 47.2 Å². The van der Waals surface area contributed by atoms with E-state index in [0.29, 0.717) is 6.04 Å². The first-order valence-corrected chi connectivity index (χ1v) is 12.7. The van der Waals surface area contributed by atoms with Crippen LogP contribution in [0.1, 0.15) is 54.5 Å². The van der Waals surface area contributed by atoms with Gasteiger partial charge in [-0.15, -0.1) is 0 Å². The maximum atomic E-state index is 4.82. The molecule has 2 aromatic rings. The highest BCUT2D eigenvalue weighted by Crippen LogP contribution is 2.33. The number of rotatable bonds is 5. The average Bonchev–Trinajstić information content (AvgIpc) is 2.84. The zero-order chi connectivity index (χ0) is 22.8. The van der Waals surface area contributed by atoms with E-state index in [1.165, 1.54) is 56.7 Å². The van der Waals surface area contributed by atoms with Crippen molar-refractivity contribution in [2.45, 2.75) is 57.7 Å². The Bertz CT molecular complexity index is 932. The van der Waals surface area contributed by atoms with Crippen molar-refractivity contribution in [3.63, 3.8) is 0 Å². The highest BCUT2D eigenvalue weighted by molar-refractivity contribution is 5.40. The Morgan fingerprint density at radius 1 is 1.03 bits per heavy atom. The van der Waals surface area contributed by atoms with Crippen LogP contribution in [0.2, 0.25) is 0 Å². The van der Waals surface area contributed by atoms with E-state index in [-0.39, 0.29) is 0 Å². The van der Waals surface area contributed by atoms with E-state index in [4.69, 9.17) is 15.0 Å². The van der Waals surface area contributed by atoms with Gasteiger partial charge in [-0.3, -0.25) is 14.8 Å². The molecule has 0 bridgehead atoms. The lowest BCUT2D eigenvalue weighted by Crippen LogP contribution is -2.52. The minimum absolute atomic E-state index is 0.369. The summed E-state index contributed by atoms with van der Waals surface area (Å²) < 4.78 is 0. The number of aromatic nitrogens is 3. The van der Waals surface area contributed by atoms with Gasteiger partial charge in [0.05, 0.1) is 17.4 Å². The van der Waals surface area contributed by atoms with Gasteiger partial charge in [0.2, 0.25) is 0 Å². The normalized spacial score (nSPS) is 23.2. The maximum Gasteiger partial charge on any atom is 0.132 e. The molecule has 0 aromatic carbocycles. The predicted octanol–water partition coefficient (Wildman–Crippen LogP) is 2.91. The van der Waals surface area contributed by atoms with Gasteiger partial charge >= 0.3 is 0 Å². The first kappa shape index (κ1) is 22.7. The van der Waals surface area contributed by atoms with Crippen LogP contribution in [-0.2, 0) is 13.0 Å². The monoisotopic (exact) mass is 449 g/mol. The summed E-state index contributed by atoms with van der Waals surface area (Å²) in [6.07, 6.45) is 7.93. The van der Waals surface area contributed by atoms with E-state index in [9.17, 15) is 0 Å². The largest absolute Gasteiger partial charge is 0.356 e. The molecule has 5 rings (SSSR count). The second-order valence-corrected chi connectivity index (χ2v) is 10.2. The number of nitrogens with zero attached hydrogens (tertiary/aromatic N) is 7. The molecule has 0 N–H and O–H groups in total. The maximum absolute atomic E-state index is 4.82. The van der Waals surface area contributed by atoms with Gasteiger partial charge in [-0.25, -0.2) is 9.97 Å². The van der Waals surface area contributed by atoms with Crippen molar-refractivity contribution in [2.75, 3.05) is 58.3 Å². The zero-order valence-corrected chi connectivity index (χ0v) is 20.6. The smallest absolute Gasteiger partial charge is 0.132 e. The lowest BCUT2D eigenvalue weighted by molar-refractivity contribution is 0.0981. The van der Waals surface area contributed by atoms with Crippen molar-refractivity contribution in [3.8, 4) is 0 Å². The molecule has 1 atom stereocenters. The molecule has 4 heterocycles. The van der Waals surface area contributed by atoms with Gasteiger partial charge in [0.15, 0.2) is 0 Å². The Morgan fingerprint density at radius 3 is 2.61 bits per heavy atom. The topological polar surface area (TPSA) is 51.6 Å². The van der Waals surface area contributed by atoms with Crippen LogP contribution in [0.25, 0.3) is 0 Å². The second-order valence-electron chi connectivity index (χ2n) is 10.2. The van der Waals surface area contributed by atoms with Gasteiger partial charge in [-0.05, 0) is 64.8 Å². The summed E-state index contributed by atoms with van der Waals surface area (Å²) in [7, 11) is 4.45. The van der Waals surface area contributed by atoms with Crippen LogP contribution in [-0.4, -0.2) is 89.1 Å². The average molecular weight is 450 g/mol. The SMILES string of the molecule is Cc1nc(CN(C)[C@H]2CCCc3cccnc32)cc(N2CCC(N3CCN(C)CC3)CC2)n1. The number of piperidine rings is 1. The van der Waals surface area contributed by atoms with Crippen LogP contribution in [0.3, 0.4) is 0 Å². The van der Waals surface area contributed by atoms with Crippen LogP contribution in [0.4, 0.5) is 5.82 Å².